The molecule has 2 rings (SSSR count). The van der Waals surface area contributed by atoms with Crippen molar-refractivity contribution in [2.24, 2.45) is 0 Å². The van der Waals surface area contributed by atoms with Crippen LogP contribution in [0, 0.1) is 5.82 Å². The minimum atomic E-state index is -0.964. The number of hydrogen-bond acceptors (Lipinski definition) is 5. The summed E-state index contributed by atoms with van der Waals surface area (Å²) in [5.41, 5.74) is -1.06. The van der Waals surface area contributed by atoms with Crippen LogP contribution in [0.25, 0.3) is 0 Å². The lowest BCUT2D eigenvalue weighted by atomic mass is 10.00. The van der Waals surface area contributed by atoms with Crippen LogP contribution in [0.2, 0.25) is 5.15 Å². The predicted molar refractivity (Wildman–Crippen MR) is 77.0 cm³/mol. The highest BCUT2D eigenvalue weighted by Crippen LogP contribution is 2.34. The van der Waals surface area contributed by atoms with Crippen molar-refractivity contribution in [3.05, 3.63) is 22.7 Å². The van der Waals surface area contributed by atoms with Crippen LogP contribution in [0.4, 0.5) is 10.1 Å². The average Bonchev–Trinajstić information content (AvgIpc) is 2.74. The van der Waals surface area contributed by atoms with Crippen molar-refractivity contribution in [2.45, 2.75) is 44.8 Å². The van der Waals surface area contributed by atoms with Crippen molar-refractivity contribution in [3.63, 3.8) is 0 Å². The summed E-state index contributed by atoms with van der Waals surface area (Å²) >= 11 is 5.68. The minimum Gasteiger partial charge on any atom is -0.462 e. The molecule has 0 unspecified atom stereocenters. The second-order valence-corrected chi connectivity index (χ2v) is 5.68. The van der Waals surface area contributed by atoms with Gasteiger partial charge in [0.2, 0.25) is 0 Å². The molecule has 0 bridgehead atoms. The molecule has 0 aromatic carbocycles. The molecule has 0 amide bonds. The monoisotopic (exact) mass is 316 g/mol. The van der Waals surface area contributed by atoms with E-state index >= 15 is 0 Å². The Morgan fingerprint density at radius 2 is 2.43 bits per heavy atom. The second-order valence-electron chi connectivity index (χ2n) is 5.32. The fraction of sp³-hybridized carbons (Fsp3) is 0.571. The van der Waals surface area contributed by atoms with Crippen molar-refractivity contribution in [3.8, 4) is 0 Å². The maximum absolute atomic E-state index is 14.2. The SMILES string of the molecule is CCOC(=O)c1cnc(Cl)c(F)c1N[C@@H]1CCC[C@@]1(C)O. The van der Waals surface area contributed by atoms with Crippen LogP contribution in [0.5, 0.6) is 0 Å². The lowest BCUT2D eigenvalue weighted by molar-refractivity contribution is 0.0518. The normalized spacial score (nSPS) is 24.9. The summed E-state index contributed by atoms with van der Waals surface area (Å²) in [6.45, 7) is 3.51. The Hall–Kier alpha value is -1.40. The van der Waals surface area contributed by atoms with Gasteiger partial charge in [-0.2, -0.15) is 0 Å². The summed E-state index contributed by atoms with van der Waals surface area (Å²) in [6, 6.07) is -0.362. The molecule has 5 nitrogen and oxygen atoms in total. The first kappa shape index (κ1) is 16.0. The first-order chi connectivity index (χ1) is 9.86. The molecule has 2 atom stereocenters. The van der Waals surface area contributed by atoms with Crippen molar-refractivity contribution < 1.29 is 19.0 Å². The zero-order valence-corrected chi connectivity index (χ0v) is 12.7. The van der Waals surface area contributed by atoms with E-state index in [4.69, 9.17) is 16.3 Å². The molecule has 1 aromatic heterocycles. The number of aromatic nitrogens is 1. The van der Waals surface area contributed by atoms with Crippen LogP contribution in [0.1, 0.15) is 43.5 Å². The molecule has 1 fully saturated rings. The number of carbonyl (C=O) groups is 1. The molecule has 7 heteroatoms. The molecule has 0 spiro atoms. The summed E-state index contributed by atoms with van der Waals surface area (Å²) in [4.78, 5) is 15.5. The van der Waals surface area contributed by atoms with E-state index < -0.39 is 17.4 Å². The first-order valence-corrected chi connectivity index (χ1v) is 7.24. The van der Waals surface area contributed by atoms with E-state index in [1.807, 2.05) is 0 Å². The molecular formula is C14H18ClFN2O3. The number of aliphatic hydroxyl groups is 1. The number of nitrogens with zero attached hydrogens (tertiary/aromatic N) is 1. The Morgan fingerprint density at radius 3 is 3.00 bits per heavy atom. The smallest absolute Gasteiger partial charge is 0.341 e. The van der Waals surface area contributed by atoms with E-state index in [-0.39, 0.29) is 29.1 Å². The molecule has 116 valence electrons. The highest BCUT2D eigenvalue weighted by Gasteiger charge is 2.38. The zero-order valence-electron chi connectivity index (χ0n) is 11.9. The predicted octanol–water partition coefficient (Wildman–Crippen LogP) is 2.77. The number of ether oxygens (including phenoxy) is 1. The van der Waals surface area contributed by atoms with Gasteiger partial charge in [-0.15, -0.1) is 0 Å². The zero-order chi connectivity index (χ0) is 15.6. The fourth-order valence-corrected chi connectivity index (χ4v) is 2.66. The Morgan fingerprint density at radius 1 is 1.71 bits per heavy atom. The summed E-state index contributed by atoms with van der Waals surface area (Å²) in [6.07, 6.45) is 3.28. The number of hydrogen-bond donors (Lipinski definition) is 2. The third-order valence-corrected chi connectivity index (χ3v) is 3.98. The summed E-state index contributed by atoms with van der Waals surface area (Å²) in [5.74, 6) is -1.49. The number of nitrogens with one attached hydrogen (secondary N) is 1. The highest BCUT2D eigenvalue weighted by molar-refractivity contribution is 6.30. The molecule has 0 saturated heterocycles. The first-order valence-electron chi connectivity index (χ1n) is 6.87. The maximum atomic E-state index is 14.2. The van der Waals surface area contributed by atoms with E-state index in [1.54, 1.807) is 13.8 Å². The Bertz CT molecular complexity index is 551. The summed E-state index contributed by atoms with van der Waals surface area (Å²) in [7, 11) is 0. The van der Waals surface area contributed by atoms with E-state index in [0.717, 1.165) is 6.42 Å². The van der Waals surface area contributed by atoms with E-state index in [1.165, 1.54) is 6.20 Å². The standard InChI is InChI=1S/C14H18ClFN2O3/c1-3-21-13(19)8-7-17-12(15)10(16)11(8)18-9-5-4-6-14(9,2)20/h7,9,20H,3-6H2,1-2H3,(H,17,18)/t9-,14-/m1/s1. The average molecular weight is 317 g/mol. The van der Waals surface area contributed by atoms with Crippen LogP contribution >= 0.6 is 11.6 Å². The molecule has 1 aromatic rings. The summed E-state index contributed by atoms with van der Waals surface area (Å²) < 4.78 is 19.1. The van der Waals surface area contributed by atoms with Crippen molar-refractivity contribution >= 4 is 23.3 Å². The topological polar surface area (TPSA) is 71.5 Å². The van der Waals surface area contributed by atoms with Crippen LogP contribution in [-0.2, 0) is 4.74 Å². The number of anilines is 1. The number of pyridine rings is 1. The number of esters is 1. The fourth-order valence-electron chi connectivity index (χ4n) is 2.52. The Labute approximate surface area is 127 Å². The van der Waals surface area contributed by atoms with Crippen LogP contribution in [0.15, 0.2) is 6.20 Å². The van der Waals surface area contributed by atoms with Crippen molar-refractivity contribution in [2.75, 3.05) is 11.9 Å². The third kappa shape index (κ3) is 3.27. The van der Waals surface area contributed by atoms with Crippen LogP contribution < -0.4 is 5.32 Å². The molecule has 1 aliphatic rings. The van der Waals surface area contributed by atoms with Gasteiger partial charge in [0.05, 0.1) is 23.9 Å². The number of halogens is 2. The van der Waals surface area contributed by atoms with Crippen LogP contribution in [-0.4, -0.2) is 34.3 Å². The molecule has 0 aliphatic heterocycles. The van der Waals surface area contributed by atoms with Gasteiger partial charge < -0.3 is 15.2 Å². The van der Waals surface area contributed by atoms with E-state index in [0.29, 0.717) is 12.8 Å². The molecule has 0 radical (unpaired) electrons. The quantitative estimate of drug-likeness (QED) is 0.660. The van der Waals surface area contributed by atoms with Gasteiger partial charge >= 0.3 is 5.97 Å². The Kier molecular flexibility index (Phi) is 4.68. The molecule has 1 heterocycles. The van der Waals surface area contributed by atoms with Gasteiger partial charge in [0.1, 0.15) is 5.56 Å². The summed E-state index contributed by atoms with van der Waals surface area (Å²) in [5, 5.41) is 12.8. The Balaban J connectivity index is 2.36. The molecular weight excluding hydrogens is 299 g/mol. The lowest BCUT2D eigenvalue weighted by Crippen LogP contribution is -2.40. The molecule has 2 N–H and O–H groups in total. The number of rotatable bonds is 4. The number of carbonyl (C=O) groups excluding carboxylic acids is 1. The highest BCUT2D eigenvalue weighted by atomic mass is 35.5. The van der Waals surface area contributed by atoms with Gasteiger partial charge in [0.15, 0.2) is 11.0 Å². The van der Waals surface area contributed by atoms with Gasteiger partial charge in [0.25, 0.3) is 0 Å². The van der Waals surface area contributed by atoms with Gasteiger partial charge in [-0.1, -0.05) is 11.6 Å². The molecule has 1 saturated carbocycles. The largest absolute Gasteiger partial charge is 0.462 e. The van der Waals surface area contributed by atoms with Gasteiger partial charge in [-0.25, -0.2) is 14.2 Å². The van der Waals surface area contributed by atoms with Crippen molar-refractivity contribution in [1.82, 2.24) is 4.98 Å². The van der Waals surface area contributed by atoms with Crippen LogP contribution in [0.3, 0.4) is 0 Å². The van der Waals surface area contributed by atoms with Gasteiger partial charge in [-0.3, -0.25) is 0 Å². The third-order valence-electron chi connectivity index (χ3n) is 3.72. The van der Waals surface area contributed by atoms with Crippen molar-refractivity contribution in [1.29, 1.82) is 0 Å². The van der Waals surface area contributed by atoms with Gasteiger partial charge in [0, 0.05) is 6.20 Å². The minimum absolute atomic E-state index is 0.0264. The van der Waals surface area contributed by atoms with E-state index in [9.17, 15) is 14.3 Å². The second kappa shape index (κ2) is 6.15. The molecule has 1 aliphatic carbocycles. The lowest BCUT2D eigenvalue weighted by Gasteiger charge is -2.28. The van der Waals surface area contributed by atoms with E-state index in [2.05, 4.69) is 10.3 Å². The molecule has 21 heavy (non-hydrogen) atoms. The van der Waals surface area contributed by atoms with Gasteiger partial charge in [-0.05, 0) is 33.1 Å². The maximum Gasteiger partial charge on any atom is 0.341 e.